The smallest absolute Gasteiger partial charge is 0.490 e. The molecule has 0 bridgehead atoms. The number of hydrogen-bond donors (Lipinski definition) is 1. The molecule has 0 spiro atoms. The van der Waals surface area contributed by atoms with Crippen LogP contribution < -0.4 is 10.1 Å². The summed E-state index contributed by atoms with van der Waals surface area (Å²) in [6, 6.07) is 0. The standard InChI is InChI=1S/C11H13Cl2N3O5/c1-3-4-5-20-11(18)21-10(17)16-8-6(19-2)7(12)14-9(13)15-8/h3-5H2,1-2H3,(H,14,15,16,17). The molecule has 1 aromatic rings. The van der Waals surface area contributed by atoms with Crippen LogP contribution in [0.4, 0.5) is 15.4 Å². The molecule has 1 aromatic heterocycles. The fraction of sp³-hybridized carbons (Fsp3) is 0.455. The average Bonchev–Trinajstić information content (AvgIpc) is 2.38. The van der Waals surface area contributed by atoms with E-state index in [0.717, 1.165) is 6.42 Å². The molecule has 1 amide bonds. The van der Waals surface area contributed by atoms with Crippen molar-refractivity contribution in [2.45, 2.75) is 19.8 Å². The number of carbonyl (C=O) groups excluding carboxylic acids is 2. The number of unbranched alkanes of at least 4 members (excludes halogenated alkanes) is 1. The second-order valence-corrected chi connectivity index (χ2v) is 4.33. The number of aromatic nitrogens is 2. The molecule has 116 valence electrons. The van der Waals surface area contributed by atoms with E-state index in [2.05, 4.69) is 24.8 Å². The molecule has 0 aliphatic rings. The Kier molecular flexibility index (Phi) is 6.97. The molecular formula is C11H13Cl2N3O5. The van der Waals surface area contributed by atoms with E-state index < -0.39 is 12.2 Å². The molecule has 0 saturated carbocycles. The molecule has 0 unspecified atom stereocenters. The lowest BCUT2D eigenvalue weighted by molar-refractivity contribution is 0.0786. The maximum Gasteiger partial charge on any atom is 0.517 e. The number of nitrogens with one attached hydrogen (secondary N) is 1. The monoisotopic (exact) mass is 337 g/mol. The Labute approximate surface area is 130 Å². The highest BCUT2D eigenvalue weighted by Gasteiger charge is 2.18. The second-order valence-electron chi connectivity index (χ2n) is 3.63. The maximum atomic E-state index is 11.5. The molecule has 1 heterocycles. The Morgan fingerprint density at radius 2 is 2.00 bits per heavy atom. The molecule has 1 rings (SSSR count). The van der Waals surface area contributed by atoms with E-state index >= 15 is 0 Å². The van der Waals surface area contributed by atoms with Crippen molar-refractivity contribution in [3.63, 3.8) is 0 Å². The molecule has 0 radical (unpaired) electrons. The lowest BCUT2D eigenvalue weighted by Gasteiger charge is -2.10. The van der Waals surface area contributed by atoms with E-state index in [1.165, 1.54) is 7.11 Å². The van der Waals surface area contributed by atoms with Gasteiger partial charge in [0.05, 0.1) is 13.7 Å². The molecule has 0 fully saturated rings. The summed E-state index contributed by atoms with van der Waals surface area (Å²) in [5.74, 6) is -0.147. The fourth-order valence-electron chi connectivity index (χ4n) is 1.19. The molecule has 8 nitrogen and oxygen atoms in total. The Hall–Kier alpha value is -1.80. The second kappa shape index (κ2) is 8.48. The van der Waals surface area contributed by atoms with Crippen LogP contribution in [-0.2, 0) is 9.47 Å². The zero-order valence-corrected chi connectivity index (χ0v) is 12.8. The topological polar surface area (TPSA) is 99.6 Å². The van der Waals surface area contributed by atoms with Crippen LogP contribution in [0.1, 0.15) is 19.8 Å². The summed E-state index contributed by atoms with van der Waals surface area (Å²) in [7, 11) is 1.30. The third kappa shape index (κ3) is 5.60. The van der Waals surface area contributed by atoms with Crippen LogP contribution in [0.15, 0.2) is 0 Å². The highest BCUT2D eigenvalue weighted by atomic mass is 35.5. The van der Waals surface area contributed by atoms with Crippen LogP contribution in [0.25, 0.3) is 0 Å². The Morgan fingerprint density at radius 3 is 2.62 bits per heavy atom. The number of nitrogens with zero attached hydrogens (tertiary/aromatic N) is 2. The Morgan fingerprint density at radius 1 is 1.29 bits per heavy atom. The van der Waals surface area contributed by atoms with E-state index in [0.29, 0.717) is 6.42 Å². The van der Waals surface area contributed by atoms with Gasteiger partial charge in [-0.2, -0.15) is 4.98 Å². The lowest BCUT2D eigenvalue weighted by atomic mass is 10.4. The first kappa shape index (κ1) is 17.3. The van der Waals surface area contributed by atoms with Crippen molar-refractivity contribution in [3.05, 3.63) is 10.4 Å². The number of ether oxygens (including phenoxy) is 3. The quantitative estimate of drug-likeness (QED) is 0.289. The van der Waals surface area contributed by atoms with Gasteiger partial charge in [-0.05, 0) is 18.0 Å². The molecule has 0 aliphatic heterocycles. The number of hydrogen-bond acceptors (Lipinski definition) is 7. The van der Waals surface area contributed by atoms with Crippen LogP contribution in [0.2, 0.25) is 10.4 Å². The molecule has 21 heavy (non-hydrogen) atoms. The van der Waals surface area contributed by atoms with Gasteiger partial charge >= 0.3 is 12.2 Å². The summed E-state index contributed by atoms with van der Waals surface area (Å²) < 4.78 is 13.9. The van der Waals surface area contributed by atoms with Crippen molar-refractivity contribution >= 4 is 41.3 Å². The molecule has 0 aromatic carbocycles. The van der Waals surface area contributed by atoms with Crippen LogP contribution in [0.5, 0.6) is 5.75 Å². The van der Waals surface area contributed by atoms with Gasteiger partial charge in [0.25, 0.3) is 0 Å². The van der Waals surface area contributed by atoms with Gasteiger partial charge in [-0.15, -0.1) is 0 Å². The first-order valence-corrected chi connectivity index (χ1v) is 6.66. The van der Waals surface area contributed by atoms with Gasteiger partial charge in [0.15, 0.2) is 16.7 Å². The van der Waals surface area contributed by atoms with Crippen molar-refractivity contribution < 1.29 is 23.8 Å². The summed E-state index contributed by atoms with van der Waals surface area (Å²) in [6.07, 6.45) is -0.720. The van der Waals surface area contributed by atoms with Gasteiger partial charge in [0.2, 0.25) is 5.28 Å². The van der Waals surface area contributed by atoms with E-state index in [4.69, 9.17) is 27.9 Å². The van der Waals surface area contributed by atoms with Crippen molar-refractivity contribution in [1.82, 2.24) is 9.97 Å². The molecule has 1 N–H and O–H groups in total. The van der Waals surface area contributed by atoms with Crippen molar-refractivity contribution in [2.75, 3.05) is 19.0 Å². The Balaban J connectivity index is 2.64. The van der Waals surface area contributed by atoms with Gasteiger partial charge < -0.3 is 14.2 Å². The summed E-state index contributed by atoms with van der Waals surface area (Å²) >= 11 is 11.4. The predicted molar refractivity (Wildman–Crippen MR) is 75.0 cm³/mol. The number of rotatable bonds is 5. The maximum absolute atomic E-state index is 11.5. The third-order valence-electron chi connectivity index (χ3n) is 2.12. The molecule has 0 atom stereocenters. The van der Waals surface area contributed by atoms with E-state index in [9.17, 15) is 9.59 Å². The highest BCUT2D eigenvalue weighted by Crippen LogP contribution is 2.30. The first-order chi connectivity index (χ1) is 9.97. The molecule has 10 heteroatoms. The largest absolute Gasteiger partial charge is 0.517 e. The minimum Gasteiger partial charge on any atom is -0.490 e. The van der Waals surface area contributed by atoms with E-state index in [-0.39, 0.29) is 28.6 Å². The summed E-state index contributed by atoms with van der Waals surface area (Å²) in [4.78, 5) is 30.0. The van der Waals surface area contributed by atoms with Crippen molar-refractivity contribution in [1.29, 1.82) is 0 Å². The Bertz CT molecular complexity index is 527. The van der Waals surface area contributed by atoms with Gasteiger partial charge in [0.1, 0.15) is 0 Å². The summed E-state index contributed by atoms with van der Waals surface area (Å²) in [5.41, 5.74) is 0. The molecule has 0 aliphatic carbocycles. The van der Waals surface area contributed by atoms with Gasteiger partial charge in [0, 0.05) is 0 Å². The van der Waals surface area contributed by atoms with Gasteiger partial charge in [-0.1, -0.05) is 24.9 Å². The zero-order valence-electron chi connectivity index (χ0n) is 11.3. The van der Waals surface area contributed by atoms with Gasteiger partial charge in [-0.3, -0.25) is 5.32 Å². The molecular weight excluding hydrogens is 325 g/mol. The highest BCUT2D eigenvalue weighted by molar-refractivity contribution is 6.33. The van der Waals surface area contributed by atoms with Crippen LogP contribution in [0, 0.1) is 0 Å². The number of anilines is 1. The normalized spacial score (nSPS) is 9.90. The number of methoxy groups -OCH3 is 1. The first-order valence-electron chi connectivity index (χ1n) is 5.90. The number of carbonyl (C=O) groups is 2. The SMILES string of the molecule is CCCCOC(=O)OC(=O)Nc1nc(Cl)nc(Cl)c1OC. The number of halogens is 2. The van der Waals surface area contributed by atoms with Gasteiger partial charge in [-0.25, -0.2) is 14.6 Å². The summed E-state index contributed by atoms with van der Waals surface area (Å²) in [6.45, 7) is 2.09. The van der Waals surface area contributed by atoms with Crippen molar-refractivity contribution in [3.8, 4) is 5.75 Å². The van der Waals surface area contributed by atoms with Crippen LogP contribution >= 0.6 is 23.2 Å². The van der Waals surface area contributed by atoms with E-state index in [1.807, 2.05) is 6.92 Å². The van der Waals surface area contributed by atoms with Crippen molar-refractivity contribution in [2.24, 2.45) is 0 Å². The average molecular weight is 338 g/mol. The van der Waals surface area contributed by atoms with Crippen LogP contribution in [-0.4, -0.2) is 35.9 Å². The fourth-order valence-corrected chi connectivity index (χ4v) is 1.65. The minimum atomic E-state index is -1.12. The lowest BCUT2D eigenvalue weighted by Crippen LogP contribution is -2.20. The zero-order chi connectivity index (χ0) is 15.8. The molecule has 0 saturated heterocycles. The predicted octanol–water partition coefficient (Wildman–Crippen LogP) is 3.28. The third-order valence-corrected chi connectivity index (χ3v) is 2.54. The van der Waals surface area contributed by atoms with E-state index in [1.54, 1.807) is 0 Å². The van der Waals surface area contributed by atoms with Crippen LogP contribution in [0.3, 0.4) is 0 Å². The minimum absolute atomic E-state index is 0.0163. The summed E-state index contributed by atoms with van der Waals surface area (Å²) in [5, 5.41) is 1.85. The number of amides is 1.